The number of fused-ring (bicyclic) bond motifs is 1. The van der Waals surface area contributed by atoms with Gasteiger partial charge >= 0.3 is 5.63 Å². The van der Waals surface area contributed by atoms with Gasteiger partial charge in [0.2, 0.25) is 0 Å². The summed E-state index contributed by atoms with van der Waals surface area (Å²) in [5, 5.41) is 6.53. The molecule has 7 heteroatoms. The van der Waals surface area contributed by atoms with Gasteiger partial charge in [0.05, 0.1) is 18.4 Å². The molecule has 6 nitrogen and oxygen atoms in total. The molecule has 0 aliphatic heterocycles. The summed E-state index contributed by atoms with van der Waals surface area (Å²) >= 11 is 3.35. The fourth-order valence-electron chi connectivity index (χ4n) is 2.61. The standard InChI is InChI=1S/C19H17BrN2O4/c1-3-21-16-12-6-4-5-7-15(12)26-19(24)17(16)22-18(23)13-10-11(25-2)8-9-14(13)20/h4-10,21H,3H2,1-2H3,(H,22,23). The first-order valence-electron chi connectivity index (χ1n) is 7.99. The van der Waals surface area contributed by atoms with E-state index in [-0.39, 0.29) is 5.69 Å². The zero-order chi connectivity index (χ0) is 18.7. The van der Waals surface area contributed by atoms with Crippen LogP contribution in [-0.4, -0.2) is 19.6 Å². The van der Waals surface area contributed by atoms with Crippen LogP contribution < -0.4 is 21.0 Å². The summed E-state index contributed by atoms with van der Waals surface area (Å²) in [4.78, 5) is 25.2. The smallest absolute Gasteiger partial charge is 0.362 e. The number of anilines is 2. The number of hydrogen-bond acceptors (Lipinski definition) is 5. The van der Waals surface area contributed by atoms with Gasteiger partial charge in [0.15, 0.2) is 5.69 Å². The lowest BCUT2D eigenvalue weighted by molar-refractivity contribution is 0.102. The van der Waals surface area contributed by atoms with Gasteiger partial charge in [-0.25, -0.2) is 4.79 Å². The van der Waals surface area contributed by atoms with E-state index in [4.69, 9.17) is 9.15 Å². The Labute approximate surface area is 158 Å². The fraction of sp³-hybridized carbons (Fsp3) is 0.158. The number of para-hydroxylation sites is 1. The van der Waals surface area contributed by atoms with E-state index in [2.05, 4.69) is 26.6 Å². The maximum atomic E-state index is 12.7. The van der Waals surface area contributed by atoms with Crippen LogP contribution in [0.4, 0.5) is 11.4 Å². The first-order valence-corrected chi connectivity index (χ1v) is 8.79. The van der Waals surface area contributed by atoms with E-state index in [1.165, 1.54) is 7.11 Å². The second-order valence-corrected chi connectivity index (χ2v) is 6.32. The maximum Gasteiger partial charge on any atom is 0.362 e. The van der Waals surface area contributed by atoms with Crippen molar-refractivity contribution >= 4 is 44.2 Å². The van der Waals surface area contributed by atoms with Gasteiger partial charge in [-0.3, -0.25) is 4.79 Å². The van der Waals surface area contributed by atoms with Crippen LogP contribution in [0.25, 0.3) is 11.0 Å². The highest BCUT2D eigenvalue weighted by atomic mass is 79.9. The Hall–Kier alpha value is -2.80. The molecule has 3 aromatic rings. The Balaban J connectivity index is 2.08. The number of ether oxygens (including phenoxy) is 1. The molecule has 2 aromatic carbocycles. The highest BCUT2D eigenvalue weighted by molar-refractivity contribution is 9.10. The largest absolute Gasteiger partial charge is 0.497 e. The summed E-state index contributed by atoms with van der Waals surface area (Å²) in [6, 6.07) is 12.2. The van der Waals surface area contributed by atoms with Gasteiger partial charge in [-0.15, -0.1) is 0 Å². The van der Waals surface area contributed by atoms with Crippen molar-refractivity contribution in [3.8, 4) is 5.75 Å². The Morgan fingerprint density at radius 2 is 1.96 bits per heavy atom. The second-order valence-electron chi connectivity index (χ2n) is 5.47. The molecule has 0 unspecified atom stereocenters. The average Bonchev–Trinajstić information content (AvgIpc) is 2.64. The molecule has 0 aliphatic rings. The molecule has 2 N–H and O–H groups in total. The molecule has 0 saturated carbocycles. The fourth-order valence-corrected chi connectivity index (χ4v) is 3.04. The molecule has 3 rings (SSSR count). The molecule has 26 heavy (non-hydrogen) atoms. The van der Waals surface area contributed by atoms with Crippen molar-refractivity contribution in [2.45, 2.75) is 6.92 Å². The number of carbonyl (C=O) groups is 1. The topological polar surface area (TPSA) is 80.6 Å². The van der Waals surface area contributed by atoms with Crippen LogP contribution in [0, 0.1) is 0 Å². The average molecular weight is 417 g/mol. The van der Waals surface area contributed by atoms with E-state index in [0.717, 1.165) is 0 Å². The van der Waals surface area contributed by atoms with Gasteiger partial charge in [-0.2, -0.15) is 0 Å². The molecular weight excluding hydrogens is 400 g/mol. The molecule has 0 bridgehead atoms. The van der Waals surface area contributed by atoms with Crippen LogP contribution in [0.15, 0.2) is 56.1 Å². The predicted molar refractivity (Wildman–Crippen MR) is 105 cm³/mol. The zero-order valence-corrected chi connectivity index (χ0v) is 15.8. The molecule has 0 aliphatic carbocycles. The van der Waals surface area contributed by atoms with Crippen LogP contribution in [0.3, 0.4) is 0 Å². The van der Waals surface area contributed by atoms with Crippen LogP contribution in [0.1, 0.15) is 17.3 Å². The maximum absolute atomic E-state index is 12.7. The van der Waals surface area contributed by atoms with Crippen LogP contribution in [-0.2, 0) is 0 Å². The molecular formula is C19H17BrN2O4. The highest BCUT2D eigenvalue weighted by Gasteiger charge is 2.19. The normalized spacial score (nSPS) is 10.6. The Bertz CT molecular complexity index is 1030. The molecule has 0 radical (unpaired) electrons. The van der Waals surface area contributed by atoms with Crippen molar-refractivity contribution in [2.75, 3.05) is 24.3 Å². The summed E-state index contributed by atoms with van der Waals surface area (Å²) in [6.45, 7) is 2.49. The van der Waals surface area contributed by atoms with E-state index in [0.29, 0.717) is 39.0 Å². The van der Waals surface area contributed by atoms with Crippen molar-refractivity contribution in [1.82, 2.24) is 0 Å². The number of amides is 1. The third kappa shape index (κ3) is 3.43. The minimum Gasteiger partial charge on any atom is -0.497 e. The number of rotatable bonds is 5. The Kier molecular flexibility index (Phi) is 5.27. The van der Waals surface area contributed by atoms with Crippen LogP contribution >= 0.6 is 15.9 Å². The third-order valence-corrected chi connectivity index (χ3v) is 4.51. The van der Waals surface area contributed by atoms with E-state index in [1.807, 2.05) is 19.1 Å². The lowest BCUT2D eigenvalue weighted by Gasteiger charge is -2.14. The SMILES string of the molecule is CCNc1c(NC(=O)c2cc(OC)ccc2Br)c(=O)oc2ccccc12. The van der Waals surface area contributed by atoms with E-state index < -0.39 is 11.5 Å². The van der Waals surface area contributed by atoms with Gasteiger partial charge in [-0.1, -0.05) is 12.1 Å². The van der Waals surface area contributed by atoms with Crippen LogP contribution in [0.5, 0.6) is 5.75 Å². The number of hydrogen-bond donors (Lipinski definition) is 2. The molecule has 0 fully saturated rings. The first kappa shape index (κ1) is 18.0. The molecule has 1 aromatic heterocycles. The number of benzene rings is 2. The molecule has 0 saturated heterocycles. The number of methoxy groups -OCH3 is 1. The quantitative estimate of drug-likeness (QED) is 0.607. The summed E-state index contributed by atoms with van der Waals surface area (Å²) in [5.74, 6) is 0.0910. The number of halogens is 1. The highest BCUT2D eigenvalue weighted by Crippen LogP contribution is 2.30. The van der Waals surface area contributed by atoms with Gasteiger partial charge in [-0.05, 0) is 53.2 Å². The van der Waals surface area contributed by atoms with Gasteiger partial charge < -0.3 is 19.8 Å². The lowest BCUT2D eigenvalue weighted by Crippen LogP contribution is -2.20. The third-order valence-electron chi connectivity index (χ3n) is 3.82. The Morgan fingerprint density at radius 1 is 1.19 bits per heavy atom. The molecule has 1 amide bonds. The van der Waals surface area contributed by atoms with Gasteiger partial charge in [0.1, 0.15) is 11.3 Å². The van der Waals surface area contributed by atoms with E-state index in [9.17, 15) is 9.59 Å². The summed E-state index contributed by atoms with van der Waals surface area (Å²) in [6.07, 6.45) is 0. The molecule has 0 spiro atoms. The van der Waals surface area contributed by atoms with Crippen LogP contribution in [0.2, 0.25) is 0 Å². The number of nitrogens with one attached hydrogen (secondary N) is 2. The second kappa shape index (κ2) is 7.61. The van der Waals surface area contributed by atoms with Crippen molar-refractivity contribution in [2.24, 2.45) is 0 Å². The van der Waals surface area contributed by atoms with E-state index >= 15 is 0 Å². The molecule has 0 atom stereocenters. The minimum absolute atomic E-state index is 0.0743. The summed E-state index contributed by atoms with van der Waals surface area (Å²) in [5.41, 5.74) is 0.789. The molecule has 1 heterocycles. The number of carbonyl (C=O) groups excluding carboxylic acids is 1. The van der Waals surface area contributed by atoms with E-state index in [1.54, 1.807) is 30.3 Å². The Morgan fingerprint density at radius 3 is 2.69 bits per heavy atom. The molecule has 134 valence electrons. The van der Waals surface area contributed by atoms with Crippen molar-refractivity contribution in [3.05, 3.63) is 62.9 Å². The van der Waals surface area contributed by atoms with Gasteiger partial charge in [0.25, 0.3) is 5.91 Å². The minimum atomic E-state index is -0.619. The van der Waals surface area contributed by atoms with Gasteiger partial charge in [0, 0.05) is 16.4 Å². The lowest BCUT2D eigenvalue weighted by atomic mass is 10.1. The predicted octanol–water partition coefficient (Wildman–Crippen LogP) is 4.25. The van der Waals surface area contributed by atoms with Crippen molar-refractivity contribution in [1.29, 1.82) is 0 Å². The first-order chi connectivity index (χ1) is 12.5. The van der Waals surface area contributed by atoms with Crippen molar-refractivity contribution < 1.29 is 13.9 Å². The zero-order valence-electron chi connectivity index (χ0n) is 14.3. The summed E-state index contributed by atoms with van der Waals surface area (Å²) in [7, 11) is 1.52. The van der Waals surface area contributed by atoms with Crippen molar-refractivity contribution in [3.63, 3.8) is 0 Å². The summed E-state index contributed by atoms with van der Waals surface area (Å²) < 4.78 is 11.1. The monoisotopic (exact) mass is 416 g/mol.